The lowest BCUT2D eigenvalue weighted by Crippen LogP contribution is -2.15. The van der Waals surface area contributed by atoms with Gasteiger partial charge in [-0.3, -0.25) is 4.72 Å². The van der Waals surface area contributed by atoms with Gasteiger partial charge in [0, 0.05) is 20.2 Å². The summed E-state index contributed by atoms with van der Waals surface area (Å²) in [7, 11) is -3.83. The van der Waals surface area contributed by atoms with E-state index < -0.39 is 10.0 Å². The van der Waals surface area contributed by atoms with E-state index in [1.54, 1.807) is 19.1 Å². The maximum absolute atomic E-state index is 12.5. The highest BCUT2D eigenvalue weighted by molar-refractivity contribution is 9.10. The summed E-state index contributed by atoms with van der Waals surface area (Å²) < 4.78 is 28.0. The Bertz CT molecular complexity index is 810. The minimum atomic E-state index is -3.83. The lowest BCUT2D eigenvalue weighted by Gasteiger charge is -2.13. The van der Waals surface area contributed by atoms with Crippen LogP contribution in [0.15, 0.2) is 39.7 Å². The molecule has 0 bridgehead atoms. The van der Waals surface area contributed by atoms with Gasteiger partial charge in [0.1, 0.15) is 0 Å². The molecular formula is C13H11BrCl2N2O2S. The fraction of sp³-hybridized carbons (Fsp3) is 0.0769. The summed E-state index contributed by atoms with van der Waals surface area (Å²) in [5.41, 5.74) is 6.84. The van der Waals surface area contributed by atoms with E-state index in [0.29, 0.717) is 26.4 Å². The van der Waals surface area contributed by atoms with Gasteiger partial charge in [-0.1, -0.05) is 23.2 Å². The second kappa shape index (κ2) is 6.04. The molecule has 0 saturated carbocycles. The van der Waals surface area contributed by atoms with E-state index in [1.807, 2.05) is 0 Å². The standard InChI is InChI=1S/C13H11BrCl2N2O2S/c1-7-11(17)4-9(16)6-13(7)21(19,20)18-12-5-8(15)2-3-10(12)14/h2-6,18H,17H2,1H3. The van der Waals surface area contributed by atoms with Gasteiger partial charge in [0.15, 0.2) is 0 Å². The third-order valence-electron chi connectivity index (χ3n) is 2.83. The number of hydrogen-bond donors (Lipinski definition) is 2. The molecule has 0 aliphatic heterocycles. The predicted molar refractivity (Wildman–Crippen MR) is 90.6 cm³/mol. The molecule has 0 spiro atoms. The summed E-state index contributed by atoms with van der Waals surface area (Å²) >= 11 is 15.0. The number of nitrogen functional groups attached to an aromatic ring is 1. The molecule has 3 N–H and O–H groups in total. The number of benzene rings is 2. The zero-order valence-electron chi connectivity index (χ0n) is 10.8. The zero-order chi connectivity index (χ0) is 15.8. The number of sulfonamides is 1. The second-order valence-corrected chi connectivity index (χ2v) is 7.73. The van der Waals surface area contributed by atoms with Crippen LogP contribution in [0.4, 0.5) is 11.4 Å². The second-order valence-electron chi connectivity index (χ2n) is 4.35. The lowest BCUT2D eigenvalue weighted by molar-refractivity contribution is 0.600. The highest BCUT2D eigenvalue weighted by atomic mass is 79.9. The van der Waals surface area contributed by atoms with Crippen LogP contribution in [-0.4, -0.2) is 8.42 Å². The average molecular weight is 410 g/mol. The number of rotatable bonds is 3. The van der Waals surface area contributed by atoms with Crippen LogP contribution in [0.1, 0.15) is 5.56 Å². The molecule has 0 aliphatic carbocycles. The Morgan fingerprint density at radius 2 is 1.81 bits per heavy atom. The molecule has 2 aromatic rings. The van der Waals surface area contributed by atoms with Crippen molar-refractivity contribution >= 4 is 60.5 Å². The maximum Gasteiger partial charge on any atom is 0.262 e. The highest BCUT2D eigenvalue weighted by Crippen LogP contribution is 2.31. The number of halogens is 3. The summed E-state index contributed by atoms with van der Waals surface area (Å²) in [6.45, 7) is 1.62. The van der Waals surface area contributed by atoms with E-state index in [-0.39, 0.29) is 9.92 Å². The van der Waals surface area contributed by atoms with E-state index in [9.17, 15) is 8.42 Å². The van der Waals surface area contributed by atoms with Crippen molar-refractivity contribution in [1.29, 1.82) is 0 Å². The average Bonchev–Trinajstić information content (AvgIpc) is 2.37. The zero-order valence-corrected chi connectivity index (χ0v) is 14.7. The molecule has 21 heavy (non-hydrogen) atoms. The quantitative estimate of drug-likeness (QED) is 0.735. The largest absolute Gasteiger partial charge is 0.398 e. The molecule has 0 aromatic heterocycles. The van der Waals surface area contributed by atoms with Gasteiger partial charge in [0.05, 0.1) is 10.6 Å². The van der Waals surface area contributed by atoms with Gasteiger partial charge in [-0.25, -0.2) is 8.42 Å². The van der Waals surface area contributed by atoms with Crippen LogP contribution < -0.4 is 10.5 Å². The van der Waals surface area contributed by atoms with E-state index in [0.717, 1.165) is 0 Å². The van der Waals surface area contributed by atoms with Crippen LogP contribution in [0, 0.1) is 6.92 Å². The van der Waals surface area contributed by atoms with Crippen molar-refractivity contribution in [1.82, 2.24) is 0 Å². The van der Waals surface area contributed by atoms with E-state index in [1.165, 1.54) is 18.2 Å². The van der Waals surface area contributed by atoms with E-state index in [4.69, 9.17) is 28.9 Å². The van der Waals surface area contributed by atoms with Crippen molar-refractivity contribution in [2.24, 2.45) is 0 Å². The third-order valence-corrected chi connectivity index (χ3v) is 5.46. The number of anilines is 2. The molecule has 0 atom stereocenters. The van der Waals surface area contributed by atoms with Crippen LogP contribution in [-0.2, 0) is 10.0 Å². The normalized spacial score (nSPS) is 11.4. The van der Waals surface area contributed by atoms with Crippen molar-refractivity contribution in [2.75, 3.05) is 10.5 Å². The molecule has 0 amide bonds. The molecule has 2 rings (SSSR count). The van der Waals surface area contributed by atoms with Crippen LogP contribution in [0.5, 0.6) is 0 Å². The molecule has 0 radical (unpaired) electrons. The fourth-order valence-corrected chi connectivity index (χ4v) is 4.04. The van der Waals surface area contributed by atoms with Crippen LogP contribution >= 0.6 is 39.1 Å². The smallest absolute Gasteiger partial charge is 0.262 e. The predicted octanol–water partition coefficient (Wildman–Crippen LogP) is 4.45. The van der Waals surface area contributed by atoms with Gasteiger partial charge in [-0.2, -0.15) is 0 Å². The number of nitrogens with one attached hydrogen (secondary N) is 1. The number of hydrogen-bond acceptors (Lipinski definition) is 3. The van der Waals surface area contributed by atoms with Crippen molar-refractivity contribution in [3.63, 3.8) is 0 Å². The van der Waals surface area contributed by atoms with Gasteiger partial charge >= 0.3 is 0 Å². The van der Waals surface area contributed by atoms with Crippen molar-refractivity contribution in [2.45, 2.75) is 11.8 Å². The third kappa shape index (κ3) is 3.63. The van der Waals surface area contributed by atoms with Gasteiger partial charge < -0.3 is 5.73 Å². The summed E-state index contributed by atoms with van der Waals surface area (Å²) in [5.74, 6) is 0. The number of nitrogens with two attached hydrogens (primary N) is 1. The Morgan fingerprint density at radius 1 is 1.14 bits per heavy atom. The van der Waals surface area contributed by atoms with Crippen molar-refractivity contribution < 1.29 is 8.42 Å². The molecule has 0 fully saturated rings. The Kier molecular flexibility index (Phi) is 4.72. The first kappa shape index (κ1) is 16.4. The molecule has 0 unspecified atom stereocenters. The summed E-state index contributed by atoms with van der Waals surface area (Å²) in [4.78, 5) is 0.0272. The molecular weight excluding hydrogens is 399 g/mol. The molecule has 8 heteroatoms. The van der Waals surface area contributed by atoms with Crippen LogP contribution in [0.3, 0.4) is 0 Å². The summed E-state index contributed by atoms with van der Waals surface area (Å²) in [6.07, 6.45) is 0. The van der Waals surface area contributed by atoms with Crippen LogP contribution in [0.25, 0.3) is 0 Å². The van der Waals surface area contributed by atoms with Crippen molar-refractivity contribution in [3.05, 3.63) is 50.4 Å². The Balaban J connectivity index is 2.51. The minimum Gasteiger partial charge on any atom is -0.398 e. The first-order chi connectivity index (χ1) is 9.70. The monoisotopic (exact) mass is 408 g/mol. The molecule has 4 nitrogen and oxygen atoms in total. The van der Waals surface area contributed by atoms with Gasteiger partial charge in [-0.15, -0.1) is 0 Å². The maximum atomic E-state index is 12.5. The Labute approximate surface area is 141 Å². The van der Waals surface area contributed by atoms with E-state index >= 15 is 0 Å². The highest BCUT2D eigenvalue weighted by Gasteiger charge is 2.20. The van der Waals surface area contributed by atoms with E-state index in [2.05, 4.69) is 20.7 Å². The topological polar surface area (TPSA) is 72.2 Å². The van der Waals surface area contributed by atoms with Gasteiger partial charge in [0.2, 0.25) is 0 Å². The fourth-order valence-electron chi connectivity index (χ4n) is 1.73. The molecule has 2 aromatic carbocycles. The minimum absolute atomic E-state index is 0.0272. The van der Waals surface area contributed by atoms with Gasteiger partial charge in [0.25, 0.3) is 10.0 Å². The van der Waals surface area contributed by atoms with Crippen molar-refractivity contribution in [3.8, 4) is 0 Å². The van der Waals surface area contributed by atoms with Crippen LogP contribution in [0.2, 0.25) is 10.0 Å². The lowest BCUT2D eigenvalue weighted by atomic mass is 10.2. The Morgan fingerprint density at radius 3 is 2.48 bits per heavy atom. The first-order valence-corrected chi connectivity index (χ1v) is 8.77. The molecule has 0 saturated heterocycles. The first-order valence-electron chi connectivity index (χ1n) is 5.74. The summed E-state index contributed by atoms with van der Waals surface area (Å²) in [6, 6.07) is 7.66. The van der Waals surface area contributed by atoms with Gasteiger partial charge in [-0.05, 0) is 58.7 Å². The molecule has 112 valence electrons. The SMILES string of the molecule is Cc1c(N)cc(Cl)cc1S(=O)(=O)Nc1cc(Cl)ccc1Br. The Hall–Kier alpha value is -0.950. The molecule has 0 aliphatic rings. The summed E-state index contributed by atoms with van der Waals surface area (Å²) in [5, 5.41) is 0.668. The molecule has 0 heterocycles.